The molecule has 2 N–H and O–H groups in total. The van der Waals surface area contributed by atoms with E-state index in [0.717, 1.165) is 21.5 Å². The number of halogens is 2. The van der Waals surface area contributed by atoms with E-state index in [-0.39, 0.29) is 10.8 Å². The van der Waals surface area contributed by atoms with Crippen molar-refractivity contribution in [3.05, 3.63) is 56.8 Å². The number of carbonyl (C=O) groups excluding carboxylic acids is 1. The normalized spacial score (nSPS) is 11.1. The van der Waals surface area contributed by atoms with Crippen molar-refractivity contribution in [3.63, 3.8) is 0 Å². The van der Waals surface area contributed by atoms with Gasteiger partial charge in [0.1, 0.15) is 15.5 Å². The molecule has 0 aliphatic rings. The lowest BCUT2D eigenvalue weighted by Crippen LogP contribution is -2.02. The molecule has 3 aromatic rings. The minimum Gasteiger partial charge on any atom is -0.397 e. The van der Waals surface area contributed by atoms with Crippen molar-refractivity contribution in [2.75, 3.05) is 5.73 Å². The van der Waals surface area contributed by atoms with Crippen LogP contribution in [0.15, 0.2) is 24.3 Å². The van der Waals surface area contributed by atoms with Crippen LogP contribution < -0.4 is 5.73 Å². The molecule has 0 saturated heterocycles. The number of nitrogens with zero attached hydrogens (tertiary/aromatic N) is 1. The molecule has 22 heavy (non-hydrogen) atoms. The predicted octanol–water partition coefficient (Wildman–Crippen LogP) is 4.52. The zero-order valence-corrected chi connectivity index (χ0v) is 13.5. The Balaban J connectivity index is 2.17. The van der Waals surface area contributed by atoms with Gasteiger partial charge in [-0.3, -0.25) is 4.79 Å². The van der Waals surface area contributed by atoms with E-state index in [9.17, 15) is 9.18 Å². The Hall–Kier alpha value is -1.98. The molecule has 3 nitrogen and oxygen atoms in total. The number of aromatic nitrogens is 1. The van der Waals surface area contributed by atoms with E-state index >= 15 is 0 Å². The molecular weight excluding hydrogens is 323 g/mol. The SMILES string of the molecule is Cc1cc(C)c2c(N)c(C(=O)c3ccc(F)c(Cl)c3)sc2n1. The van der Waals surface area contributed by atoms with E-state index in [4.69, 9.17) is 17.3 Å². The largest absolute Gasteiger partial charge is 0.397 e. The number of carbonyl (C=O) groups is 1. The predicted molar refractivity (Wildman–Crippen MR) is 88.3 cm³/mol. The number of rotatable bonds is 2. The van der Waals surface area contributed by atoms with E-state index in [2.05, 4.69) is 4.98 Å². The third kappa shape index (κ3) is 2.36. The average Bonchev–Trinajstić information content (AvgIpc) is 2.78. The molecule has 6 heteroatoms. The first-order valence-electron chi connectivity index (χ1n) is 6.54. The smallest absolute Gasteiger partial charge is 0.205 e. The highest BCUT2D eigenvalue weighted by Gasteiger charge is 2.20. The second-order valence-corrected chi connectivity index (χ2v) is 6.47. The van der Waals surface area contributed by atoms with Crippen LogP contribution in [0.3, 0.4) is 0 Å². The molecule has 0 bridgehead atoms. The van der Waals surface area contributed by atoms with Crippen LogP contribution in [0.5, 0.6) is 0 Å². The van der Waals surface area contributed by atoms with Gasteiger partial charge in [-0.2, -0.15) is 0 Å². The first-order chi connectivity index (χ1) is 10.4. The number of hydrogen-bond acceptors (Lipinski definition) is 4. The molecule has 0 atom stereocenters. The number of thiophene rings is 1. The number of anilines is 1. The summed E-state index contributed by atoms with van der Waals surface area (Å²) in [4.78, 5) is 18.2. The lowest BCUT2D eigenvalue weighted by molar-refractivity contribution is 0.104. The molecule has 3 rings (SSSR count). The van der Waals surface area contributed by atoms with Gasteiger partial charge >= 0.3 is 0 Å². The molecule has 0 amide bonds. The Morgan fingerprint density at radius 2 is 2.05 bits per heavy atom. The van der Waals surface area contributed by atoms with Gasteiger partial charge in [0.05, 0.1) is 10.7 Å². The minimum absolute atomic E-state index is 0.0873. The molecule has 112 valence electrons. The zero-order chi connectivity index (χ0) is 16.0. The molecule has 0 fully saturated rings. The number of hydrogen-bond donors (Lipinski definition) is 1. The lowest BCUT2D eigenvalue weighted by Gasteiger charge is -2.02. The highest BCUT2D eigenvalue weighted by Crippen LogP contribution is 2.36. The molecule has 2 aromatic heterocycles. The molecule has 0 aliphatic heterocycles. The quantitative estimate of drug-likeness (QED) is 0.701. The van der Waals surface area contributed by atoms with Gasteiger partial charge in [0, 0.05) is 16.6 Å². The van der Waals surface area contributed by atoms with Crippen LogP contribution in [0.4, 0.5) is 10.1 Å². The monoisotopic (exact) mass is 334 g/mol. The molecule has 0 saturated carbocycles. The minimum atomic E-state index is -0.560. The van der Waals surface area contributed by atoms with Crippen molar-refractivity contribution < 1.29 is 9.18 Å². The summed E-state index contributed by atoms with van der Waals surface area (Å²) in [6.07, 6.45) is 0. The van der Waals surface area contributed by atoms with Gasteiger partial charge in [0.2, 0.25) is 5.78 Å². The van der Waals surface area contributed by atoms with Crippen LogP contribution >= 0.6 is 22.9 Å². The standard InChI is InChI=1S/C16H12ClFN2OS/c1-7-5-8(2)20-16-12(7)13(19)15(22-16)14(21)9-3-4-11(18)10(17)6-9/h3-6H,19H2,1-2H3. The van der Waals surface area contributed by atoms with E-state index in [1.165, 1.54) is 29.5 Å². The maximum Gasteiger partial charge on any atom is 0.205 e. The molecule has 1 aromatic carbocycles. The lowest BCUT2D eigenvalue weighted by atomic mass is 10.1. The summed E-state index contributed by atoms with van der Waals surface area (Å²) in [5, 5.41) is 0.711. The van der Waals surface area contributed by atoms with E-state index < -0.39 is 5.82 Å². The maximum absolute atomic E-state index is 13.2. The Bertz CT molecular complexity index is 920. The second kappa shape index (κ2) is 5.34. The number of fused-ring (bicyclic) bond motifs is 1. The zero-order valence-electron chi connectivity index (χ0n) is 11.9. The van der Waals surface area contributed by atoms with Crippen molar-refractivity contribution in [1.82, 2.24) is 4.98 Å². The number of nitrogen functional groups attached to an aromatic ring is 1. The van der Waals surface area contributed by atoms with Crippen LogP contribution in [0.25, 0.3) is 10.2 Å². The van der Waals surface area contributed by atoms with Gasteiger partial charge < -0.3 is 5.73 Å². The average molecular weight is 335 g/mol. The van der Waals surface area contributed by atoms with Crippen LogP contribution in [-0.4, -0.2) is 10.8 Å². The molecular formula is C16H12ClFN2OS. The first-order valence-corrected chi connectivity index (χ1v) is 7.74. The molecule has 0 radical (unpaired) electrons. The topological polar surface area (TPSA) is 56.0 Å². The highest BCUT2D eigenvalue weighted by atomic mass is 35.5. The Morgan fingerprint density at radius 1 is 1.32 bits per heavy atom. The molecule has 0 unspecified atom stereocenters. The van der Waals surface area contributed by atoms with Crippen LogP contribution in [0.1, 0.15) is 26.5 Å². The number of benzene rings is 1. The van der Waals surface area contributed by atoms with Crippen LogP contribution in [0.2, 0.25) is 5.02 Å². The van der Waals surface area contributed by atoms with Gasteiger partial charge in [-0.25, -0.2) is 9.37 Å². The third-order valence-corrected chi connectivity index (χ3v) is 4.80. The first kappa shape index (κ1) is 14.9. The third-order valence-electron chi connectivity index (χ3n) is 3.41. The fourth-order valence-corrected chi connectivity index (χ4v) is 3.77. The number of nitrogens with two attached hydrogens (primary N) is 1. The summed E-state index contributed by atoms with van der Waals surface area (Å²) in [6, 6.07) is 5.81. The number of ketones is 1. The van der Waals surface area contributed by atoms with E-state index in [0.29, 0.717) is 16.1 Å². The Morgan fingerprint density at radius 3 is 2.73 bits per heavy atom. The molecule has 0 spiro atoms. The van der Waals surface area contributed by atoms with Gasteiger partial charge in [0.25, 0.3) is 0 Å². The van der Waals surface area contributed by atoms with E-state index in [1.807, 2.05) is 19.9 Å². The Kier molecular flexibility index (Phi) is 3.62. The summed E-state index contributed by atoms with van der Waals surface area (Å²) >= 11 is 6.99. The Labute approximate surface area is 135 Å². The molecule has 0 aliphatic carbocycles. The fraction of sp³-hybridized carbons (Fsp3) is 0.125. The van der Waals surface area contributed by atoms with Gasteiger partial charge in [0.15, 0.2) is 0 Å². The highest BCUT2D eigenvalue weighted by molar-refractivity contribution is 7.21. The number of pyridine rings is 1. The number of aryl methyl sites for hydroxylation is 2. The van der Waals surface area contributed by atoms with Crippen LogP contribution in [0, 0.1) is 19.7 Å². The van der Waals surface area contributed by atoms with Crippen molar-refractivity contribution in [2.45, 2.75) is 13.8 Å². The summed E-state index contributed by atoms with van der Waals surface area (Å²) in [5.41, 5.74) is 8.71. The van der Waals surface area contributed by atoms with Gasteiger partial charge in [-0.15, -0.1) is 11.3 Å². The van der Waals surface area contributed by atoms with Crippen molar-refractivity contribution >= 4 is 44.6 Å². The molecule has 2 heterocycles. The van der Waals surface area contributed by atoms with Crippen molar-refractivity contribution in [2.24, 2.45) is 0 Å². The summed E-state index contributed by atoms with van der Waals surface area (Å²) in [7, 11) is 0. The summed E-state index contributed by atoms with van der Waals surface area (Å²) in [6.45, 7) is 3.83. The van der Waals surface area contributed by atoms with Crippen LogP contribution in [-0.2, 0) is 0 Å². The second-order valence-electron chi connectivity index (χ2n) is 5.06. The van der Waals surface area contributed by atoms with Gasteiger partial charge in [-0.05, 0) is 43.7 Å². The van der Waals surface area contributed by atoms with Crippen molar-refractivity contribution in [1.29, 1.82) is 0 Å². The van der Waals surface area contributed by atoms with Crippen molar-refractivity contribution in [3.8, 4) is 0 Å². The van der Waals surface area contributed by atoms with Gasteiger partial charge in [-0.1, -0.05) is 11.6 Å². The summed E-state index contributed by atoms with van der Waals surface area (Å²) < 4.78 is 13.2. The maximum atomic E-state index is 13.2. The fourth-order valence-electron chi connectivity index (χ4n) is 2.41. The van der Waals surface area contributed by atoms with E-state index in [1.54, 1.807) is 0 Å². The summed E-state index contributed by atoms with van der Waals surface area (Å²) in [5.74, 6) is -0.838.